The lowest BCUT2D eigenvalue weighted by Crippen LogP contribution is -2.45. The monoisotopic (exact) mass is 428 g/mol. The molecule has 2 amide bonds. The number of hydrogen-bond donors (Lipinski definition) is 0. The number of piperidine rings is 1. The van der Waals surface area contributed by atoms with Crippen LogP contribution in [-0.2, 0) is 9.59 Å². The van der Waals surface area contributed by atoms with E-state index in [-0.39, 0.29) is 24.3 Å². The summed E-state index contributed by atoms with van der Waals surface area (Å²) in [4.78, 5) is 28.7. The molecule has 0 aliphatic carbocycles. The van der Waals surface area contributed by atoms with Crippen LogP contribution in [0.2, 0.25) is 0 Å². The maximum Gasteiger partial charge on any atom is 0.251 e. The Hall–Kier alpha value is -0.720. The Kier molecular flexibility index (Phi) is 4.71. The van der Waals surface area contributed by atoms with E-state index < -0.39 is 0 Å². The van der Waals surface area contributed by atoms with Crippen LogP contribution in [0.1, 0.15) is 26.2 Å². The first-order chi connectivity index (χ1) is 10.5. The lowest BCUT2D eigenvalue weighted by molar-refractivity contribution is -0.123. The van der Waals surface area contributed by atoms with E-state index in [1.165, 1.54) is 4.90 Å². The third kappa shape index (κ3) is 3.01. The molecule has 0 saturated carbocycles. The van der Waals surface area contributed by atoms with Crippen LogP contribution in [0.15, 0.2) is 27.1 Å². The smallest absolute Gasteiger partial charge is 0.251 e. The quantitative estimate of drug-likeness (QED) is 0.674. The molecule has 118 valence electrons. The Morgan fingerprint density at radius 3 is 2.45 bits per heavy atom. The molecule has 0 bridgehead atoms. The lowest BCUT2D eigenvalue weighted by Gasteiger charge is -2.33. The van der Waals surface area contributed by atoms with Crippen molar-refractivity contribution in [2.24, 2.45) is 5.92 Å². The molecule has 2 fully saturated rings. The summed E-state index contributed by atoms with van der Waals surface area (Å²) in [6, 6.07) is 5.20. The molecule has 2 aliphatic rings. The third-order valence-electron chi connectivity index (χ3n) is 4.53. The van der Waals surface area contributed by atoms with Crippen LogP contribution in [0, 0.1) is 5.92 Å². The molecule has 22 heavy (non-hydrogen) atoms. The molecular formula is C16H18Br2N2O2. The van der Waals surface area contributed by atoms with Gasteiger partial charge in [-0.3, -0.25) is 14.5 Å². The van der Waals surface area contributed by atoms with Crippen LogP contribution < -0.4 is 4.90 Å². The minimum atomic E-state index is -0.296. The van der Waals surface area contributed by atoms with Crippen molar-refractivity contribution in [1.29, 1.82) is 0 Å². The molecule has 0 N–H and O–H groups in total. The summed E-state index contributed by atoms with van der Waals surface area (Å²) in [7, 11) is 0. The van der Waals surface area contributed by atoms with E-state index in [1.807, 2.05) is 12.1 Å². The molecule has 2 saturated heterocycles. The molecule has 1 atom stereocenters. The van der Waals surface area contributed by atoms with Gasteiger partial charge in [-0.1, -0.05) is 22.9 Å². The van der Waals surface area contributed by atoms with Gasteiger partial charge in [0.15, 0.2) is 0 Å². The van der Waals surface area contributed by atoms with Gasteiger partial charge in [-0.05, 0) is 66.0 Å². The lowest BCUT2D eigenvalue weighted by atomic mass is 9.97. The number of halogens is 2. The standard InChI is InChI=1S/C16H18Br2N2O2/c1-10-4-6-19(7-5-10)14-9-15(21)20(16(14)22)13-3-2-11(17)8-12(13)18/h2-3,8,10,14H,4-7,9H2,1H3/t14-/m0/s1. The van der Waals surface area contributed by atoms with Gasteiger partial charge in [0.2, 0.25) is 5.91 Å². The van der Waals surface area contributed by atoms with Gasteiger partial charge in [0.25, 0.3) is 5.91 Å². The molecule has 6 heteroatoms. The van der Waals surface area contributed by atoms with Gasteiger partial charge in [-0.15, -0.1) is 0 Å². The fraction of sp³-hybridized carbons (Fsp3) is 0.500. The zero-order valence-corrected chi connectivity index (χ0v) is 15.6. The van der Waals surface area contributed by atoms with Crippen LogP contribution in [0.5, 0.6) is 0 Å². The fourth-order valence-electron chi connectivity index (χ4n) is 3.16. The van der Waals surface area contributed by atoms with E-state index in [1.54, 1.807) is 6.07 Å². The average molecular weight is 430 g/mol. The molecule has 2 heterocycles. The first kappa shape index (κ1) is 16.1. The van der Waals surface area contributed by atoms with E-state index in [9.17, 15) is 9.59 Å². The second-order valence-corrected chi connectivity index (χ2v) is 7.87. The van der Waals surface area contributed by atoms with Gasteiger partial charge < -0.3 is 0 Å². The highest BCUT2D eigenvalue weighted by molar-refractivity contribution is 9.11. The first-order valence-corrected chi connectivity index (χ1v) is 9.12. The highest BCUT2D eigenvalue weighted by Crippen LogP contribution is 2.34. The Morgan fingerprint density at radius 2 is 1.82 bits per heavy atom. The Labute approximate surface area is 147 Å². The second kappa shape index (κ2) is 6.42. The van der Waals surface area contributed by atoms with Crippen molar-refractivity contribution in [2.45, 2.75) is 32.2 Å². The zero-order valence-electron chi connectivity index (χ0n) is 12.4. The van der Waals surface area contributed by atoms with Crippen LogP contribution in [-0.4, -0.2) is 35.8 Å². The van der Waals surface area contributed by atoms with Gasteiger partial charge in [-0.25, -0.2) is 4.90 Å². The van der Waals surface area contributed by atoms with E-state index in [0.717, 1.165) is 34.9 Å². The number of imide groups is 1. The number of rotatable bonds is 2. The van der Waals surface area contributed by atoms with Gasteiger partial charge in [0.1, 0.15) is 0 Å². The molecule has 0 unspecified atom stereocenters. The molecule has 4 nitrogen and oxygen atoms in total. The SMILES string of the molecule is CC1CCN([C@H]2CC(=O)N(c3ccc(Br)cc3Br)C2=O)CC1. The van der Waals surface area contributed by atoms with Crippen molar-refractivity contribution in [2.75, 3.05) is 18.0 Å². The van der Waals surface area contributed by atoms with E-state index in [2.05, 4.69) is 43.7 Å². The van der Waals surface area contributed by atoms with Crippen LogP contribution >= 0.6 is 31.9 Å². The molecule has 0 aromatic heterocycles. The van der Waals surface area contributed by atoms with E-state index in [4.69, 9.17) is 0 Å². The van der Waals surface area contributed by atoms with Crippen LogP contribution in [0.25, 0.3) is 0 Å². The van der Waals surface area contributed by atoms with Crippen LogP contribution in [0.4, 0.5) is 5.69 Å². The summed E-state index contributed by atoms with van der Waals surface area (Å²) in [5.41, 5.74) is 0.631. The van der Waals surface area contributed by atoms with Gasteiger partial charge in [0, 0.05) is 8.95 Å². The van der Waals surface area contributed by atoms with Crippen molar-refractivity contribution in [3.63, 3.8) is 0 Å². The highest BCUT2D eigenvalue weighted by atomic mass is 79.9. The number of carbonyl (C=O) groups excluding carboxylic acids is 2. The van der Waals surface area contributed by atoms with Gasteiger partial charge in [-0.2, -0.15) is 0 Å². The molecule has 0 spiro atoms. The number of hydrogen-bond acceptors (Lipinski definition) is 3. The van der Waals surface area contributed by atoms with Crippen molar-refractivity contribution < 1.29 is 9.59 Å². The number of likely N-dealkylation sites (tertiary alicyclic amines) is 1. The number of benzene rings is 1. The van der Waals surface area contributed by atoms with E-state index >= 15 is 0 Å². The predicted molar refractivity (Wildman–Crippen MR) is 92.7 cm³/mol. The summed E-state index contributed by atoms with van der Waals surface area (Å²) in [6.07, 6.45) is 2.48. The van der Waals surface area contributed by atoms with Crippen molar-refractivity contribution >= 4 is 49.4 Å². The zero-order chi connectivity index (χ0) is 15.9. The fourth-order valence-corrected chi connectivity index (χ4v) is 4.38. The summed E-state index contributed by atoms with van der Waals surface area (Å²) in [6.45, 7) is 4.05. The third-order valence-corrected chi connectivity index (χ3v) is 5.66. The van der Waals surface area contributed by atoms with Crippen molar-refractivity contribution in [3.05, 3.63) is 27.1 Å². The van der Waals surface area contributed by atoms with Crippen molar-refractivity contribution in [3.8, 4) is 0 Å². The molecule has 3 rings (SSSR count). The minimum absolute atomic E-state index is 0.0948. The van der Waals surface area contributed by atoms with Crippen molar-refractivity contribution in [1.82, 2.24) is 4.90 Å². The van der Waals surface area contributed by atoms with Gasteiger partial charge >= 0.3 is 0 Å². The van der Waals surface area contributed by atoms with Crippen LogP contribution in [0.3, 0.4) is 0 Å². The number of amides is 2. The Bertz CT molecular complexity index is 612. The highest BCUT2D eigenvalue weighted by Gasteiger charge is 2.43. The summed E-state index contributed by atoms with van der Waals surface area (Å²) >= 11 is 6.83. The molecule has 1 aromatic rings. The summed E-state index contributed by atoms with van der Waals surface area (Å²) < 4.78 is 1.65. The Balaban J connectivity index is 1.82. The molecule has 0 radical (unpaired) electrons. The number of anilines is 1. The second-order valence-electron chi connectivity index (χ2n) is 6.10. The number of nitrogens with zero attached hydrogens (tertiary/aromatic N) is 2. The largest absolute Gasteiger partial charge is 0.292 e. The average Bonchev–Trinajstić information content (AvgIpc) is 2.76. The Morgan fingerprint density at radius 1 is 1.14 bits per heavy atom. The maximum atomic E-state index is 12.8. The summed E-state index contributed by atoms with van der Waals surface area (Å²) in [5, 5.41) is 0. The molecule has 2 aliphatic heterocycles. The maximum absolute atomic E-state index is 12.8. The first-order valence-electron chi connectivity index (χ1n) is 7.53. The predicted octanol–water partition coefficient (Wildman–Crippen LogP) is 3.58. The van der Waals surface area contributed by atoms with E-state index in [0.29, 0.717) is 11.6 Å². The minimum Gasteiger partial charge on any atom is -0.292 e. The molecular weight excluding hydrogens is 412 g/mol. The van der Waals surface area contributed by atoms with Gasteiger partial charge in [0.05, 0.1) is 18.2 Å². The number of carbonyl (C=O) groups is 2. The topological polar surface area (TPSA) is 40.6 Å². The normalized spacial score (nSPS) is 24.3. The summed E-state index contributed by atoms with van der Waals surface area (Å²) in [5.74, 6) is 0.499. The molecule has 1 aromatic carbocycles.